The zero-order chi connectivity index (χ0) is 48.8. The van der Waals surface area contributed by atoms with Gasteiger partial charge in [0.05, 0.1) is 26.4 Å². The van der Waals surface area contributed by atoms with E-state index in [9.17, 15) is 9.59 Å². The van der Waals surface area contributed by atoms with Gasteiger partial charge in [-0.1, -0.05) is 12.1 Å². The molecule has 372 valence electrons. The molecule has 0 saturated carbocycles. The van der Waals surface area contributed by atoms with Crippen molar-refractivity contribution in [3.05, 3.63) is 96.1 Å². The van der Waals surface area contributed by atoms with Crippen molar-refractivity contribution in [2.24, 2.45) is 0 Å². The van der Waals surface area contributed by atoms with Crippen LogP contribution >= 0.6 is 0 Å². The van der Waals surface area contributed by atoms with E-state index >= 15 is 0 Å². The van der Waals surface area contributed by atoms with Gasteiger partial charge in [-0.3, -0.25) is 9.59 Å². The molecule has 0 fully saturated rings. The summed E-state index contributed by atoms with van der Waals surface area (Å²) in [5.41, 5.74) is 9.87. The summed E-state index contributed by atoms with van der Waals surface area (Å²) >= 11 is 0. The Hall–Kier alpha value is -5.44. The Bertz CT molecular complexity index is 2440. The molecule has 0 saturated heterocycles. The maximum atomic E-state index is 12.5. The van der Waals surface area contributed by atoms with Gasteiger partial charge in [-0.2, -0.15) is 9.13 Å². The largest absolute Gasteiger partial charge is 0.379 e. The summed E-state index contributed by atoms with van der Waals surface area (Å²) in [4.78, 5) is 29.4. The van der Waals surface area contributed by atoms with Crippen LogP contribution in [0.4, 0.5) is 11.4 Å². The molecule has 13 nitrogen and oxygen atoms in total. The number of nitrogens with zero attached hydrogens (tertiary/aromatic N) is 4. The third-order valence-electron chi connectivity index (χ3n) is 12.7. The normalized spacial score (nSPS) is 11.6. The molecule has 0 aliphatic rings. The van der Waals surface area contributed by atoms with Crippen LogP contribution in [0.1, 0.15) is 75.3 Å². The van der Waals surface area contributed by atoms with Gasteiger partial charge in [0.1, 0.15) is 13.1 Å². The molecule has 6 aromatic rings. The fourth-order valence-electron chi connectivity index (χ4n) is 8.91. The highest BCUT2D eigenvalue weighted by Gasteiger charge is 2.19. The lowest BCUT2D eigenvalue weighted by molar-refractivity contribution is -0.646. The number of pyridine rings is 2. The molecule has 0 aliphatic heterocycles. The highest BCUT2D eigenvalue weighted by molar-refractivity contribution is 5.92. The molecule has 0 bridgehead atoms. The predicted molar refractivity (Wildman–Crippen MR) is 282 cm³/mol. The Kier molecular flexibility index (Phi) is 21.7. The van der Waals surface area contributed by atoms with E-state index in [1.54, 1.807) is 0 Å². The summed E-state index contributed by atoms with van der Waals surface area (Å²) < 4.78 is 22.0. The fraction of sp³-hybridized carbons (Fsp3) is 0.500. The molecule has 4 N–H and O–H groups in total. The molecule has 13 heteroatoms. The highest BCUT2D eigenvalue weighted by Crippen LogP contribution is 2.26. The van der Waals surface area contributed by atoms with Gasteiger partial charge in [-0.05, 0) is 112 Å². The van der Waals surface area contributed by atoms with Crippen molar-refractivity contribution >= 4 is 66.8 Å². The number of unbranched alkanes of at least 4 members (excludes halogenated alkanes) is 4. The Morgan fingerprint density at radius 3 is 1.22 bits per heavy atom. The summed E-state index contributed by atoms with van der Waals surface area (Å²) in [6.07, 6.45) is 8.29. The summed E-state index contributed by atoms with van der Waals surface area (Å²) in [6.45, 7) is 7.83. The minimum absolute atomic E-state index is 0.0984. The van der Waals surface area contributed by atoms with Gasteiger partial charge in [0, 0.05) is 150 Å². The number of hydrogen-bond acceptors (Lipinski definition) is 9. The van der Waals surface area contributed by atoms with Crippen molar-refractivity contribution in [1.29, 1.82) is 0 Å². The molecule has 2 aromatic heterocycles. The van der Waals surface area contributed by atoms with Crippen LogP contribution in [0.3, 0.4) is 0 Å². The van der Waals surface area contributed by atoms with Gasteiger partial charge in [0.25, 0.3) is 0 Å². The second-order valence-corrected chi connectivity index (χ2v) is 18.6. The van der Waals surface area contributed by atoms with Crippen molar-refractivity contribution in [2.45, 2.75) is 90.4 Å². The first-order valence-electron chi connectivity index (χ1n) is 25.3. The van der Waals surface area contributed by atoms with E-state index in [2.05, 4.69) is 153 Å². The maximum absolute atomic E-state index is 12.5. The number of hydrogen-bond donors (Lipinski definition) is 4. The van der Waals surface area contributed by atoms with Crippen LogP contribution < -0.4 is 40.2 Å². The first-order chi connectivity index (χ1) is 33.6. The van der Waals surface area contributed by atoms with E-state index in [0.717, 1.165) is 77.5 Å². The molecule has 0 spiro atoms. The van der Waals surface area contributed by atoms with Crippen LogP contribution in [-0.2, 0) is 50.0 Å². The Morgan fingerprint density at radius 2 is 0.826 bits per heavy atom. The second-order valence-electron chi connectivity index (χ2n) is 18.6. The van der Waals surface area contributed by atoms with Crippen LogP contribution in [0.25, 0.3) is 43.6 Å². The average Bonchev–Trinajstić information content (AvgIpc) is 3.34. The molecular formula is C56H80N8O5+2. The number of carbonyl (C=O) groups is 2. The number of benzene rings is 4. The third-order valence-corrected chi connectivity index (χ3v) is 12.7. The standard InChI is InChI=1S/C56H78N8O5/c1-57-41-43-17-19-45-37-46-20-18-44(42-58-2)36-52(46)63(51(45)35-43)27-11-7-9-15-55(65)59-25-13-29-67-31-33-69-34-32-68-30-14-26-60-56(66)16-10-8-12-28-64-53-39-49(61(3)4)23-21-47(53)38-48-22-24-50(62(5)6)40-54(48)64/h17-24,35-40,57-58H,7-16,25-34,41-42H2,1-6H3/p+2. The van der Waals surface area contributed by atoms with E-state index in [1.807, 2.05) is 14.1 Å². The van der Waals surface area contributed by atoms with E-state index < -0.39 is 0 Å². The van der Waals surface area contributed by atoms with Gasteiger partial charge in [-0.25, -0.2) is 0 Å². The molecule has 69 heavy (non-hydrogen) atoms. The number of amides is 2. The number of nitrogens with one attached hydrogen (secondary N) is 4. The Morgan fingerprint density at radius 1 is 0.449 bits per heavy atom. The van der Waals surface area contributed by atoms with Gasteiger partial charge in [0.15, 0.2) is 0 Å². The minimum atomic E-state index is 0.0984. The number of anilines is 2. The summed E-state index contributed by atoms with van der Waals surface area (Å²) in [6, 6.07) is 31.4. The fourth-order valence-corrected chi connectivity index (χ4v) is 8.91. The lowest BCUT2D eigenvalue weighted by atomic mass is 10.0. The molecule has 2 heterocycles. The predicted octanol–water partition coefficient (Wildman–Crippen LogP) is 7.33. The Labute approximate surface area is 410 Å². The topological polar surface area (TPSA) is 124 Å². The third kappa shape index (κ3) is 16.3. The van der Waals surface area contributed by atoms with Crippen LogP contribution in [0, 0.1) is 0 Å². The zero-order valence-corrected chi connectivity index (χ0v) is 42.5. The molecule has 4 aromatic carbocycles. The van der Waals surface area contributed by atoms with Gasteiger partial charge < -0.3 is 45.3 Å². The van der Waals surface area contributed by atoms with Crippen molar-refractivity contribution in [3.8, 4) is 0 Å². The molecular weight excluding hydrogens is 865 g/mol. The number of carbonyl (C=O) groups excluding carboxylic acids is 2. The average molecular weight is 945 g/mol. The Balaban J connectivity index is 0.746. The summed E-state index contributed by atoms with van der Waals surface area (Å²) in [5, 5.41) is 17.6. The van der Waals surface area contributed by atoms with Crippen molar-refractivity contribution < 1.29 is 32.9 Å². The zero-order valence-electron chi connectivity index (χ0n) is 42.5. The minimum Gasteiger partial charge on any atom is -0.379 e. The number of rotatable bonds is 32. The molecule has 0 atom stereocenters. The van der Waals surface area contributed by atoms with E-state index in [-0.39, 0.29) is 11.8 Å². The quantitative estimate of drug-likeness (QED) is 0.0196. The summed E-state index contributed by atoms with van der Waals surface area (Å²) in [5.74, 6) is 0.199. The maximum Gasteiger partial charge on any atom is 0.219 e. The number of aryl methyl sites for hydroxylation is 2. The van der Waals surface area contributed by atoms with E-state index in [4.69, 9.17) is 14.2 Å². The molecule has 0 aliphatic carbocycles. The van der Waals surface area contributed by atoms with Crippen molar-refractivity contribution in [3.63, 3.8) is 0 Å². The number of fused-ring (bicyclic) bond motifs is 4. The van der Waals surface area contributed by atoms with Crippen molar-refractivity contribution in [1.82, 2.24) is 21.3 Å². The SMILES string of the molecule is CNCc1ccc2cc3ccc(CNC)cc3[n+](CCCCCC(=O)NCCCOCCOCCOCCCNC(=O)CCCCC[n+]3c4cc(N(C)C)ccc4cc4ccc(N(C)C)cc43)c2c1. The lowest BCUT2D eigenvalue weighted by Gasteiger charge is -2.15. The van der Waals surface area contributed by atoms with E-state index in [1.165, 1.54) is 66.1 Å². The smallest absolute Gasteiger partial charge is 0.219 e. The van der Waals surface area contributed by atoms with Crippen LogP contribution in [0.5, 0.6) is 0 Å². The highest BCUT2D eigenvalue weighted by atomic mass is 16.5. The second kappa shape index (κ2) is 28.3. The van der Waals surface area contributed by atoms with E-state index in [0.29, 0.717) is 65.6 Å². The van der Waals surface area contributed by atoms with Crippen molar-refractivity contribution in [2.75, 3.05) is 105 Å². The molecule has 2 amide bonds. The molecule has 6 rings (SSSR count). The monoisotopic (exact) mass is 945 g/mol. The first kappa shape index (κ1) is 52.9. The van der Waals surface area contributed by atoms with Crippen LogP contribution in [-0.4, -0.2) is 107 Å². The lowest BCUT2D eigenvalue weighted by Crippen LogP contribution is -2.36. The van der Waals surface area contributed by atoms with Gasteiger partial charge in [-0.15, -0.1) is 0 Å². The summed E-state index contributed by atoms with van der Waals surface area (Å²) in [7, 11) is 12.3. The number of ether oxygens (including phenoxy) is 3. The number of aromatic nitrogens is 2. The molecule has 0 unspecified atom stereocenters. The van der Waals surface area contributed by atoms with Crippen LogP contribution in [0.15, 0.2) is 84.9 Å². The molecule has 0 radical (unpaired) electrons. The van der Waals surface area contributed by atoms with Gasteiger partial charge in [0.2, 0.25) is 33.9 Å². The first-order valence-corrected chi connectivity index (χ1v) is 25.3. The van der Waals surface area contributed by atoms with Gasteiger partial charge >= 0.3 is 0 Å². The van der Waals surface area contributed by atoms with Crippen LogP contribution in [0.2, 0.25) is 0 Å².